The summed E-state index contributed by atoms with van der Waals surface area (Å²) in [5.74, 6) is 1.29. The van der Waals surface area contributed by atoms with Gasteiger partial charge in [0.15, 0.2) is 5.96 Å². The van der Waals surface area contributed by atoms with Crippen molar-refractivity contribution < 1.29 is 9.47 Å². The lowest BCUT2D eigenvalue weighted by atomic mass is 10.2. The van der Waals surface area contributed by atoms with E-state index in [0.29, 0.717) is 18.6 Å². The van der Waals surface area contributed by atoms with Gasteiger partial charge in [0.1, 0.15) is 5.75 Å². The van der Waals surface area contributed by atoms with Gasteiger partial charge < -0.3 is 20.5 Å². The molecule has 1 fully saturated rings. The molecular formula is C16H25N3O2. The smallest absolute Gasteiger partial charge is 0.193 e. The second-order valence-corrected chi connectivity index (χ2v) is 5.51. The highest BCUT2D eigenvalue weighted by Gasteiger charge is 2.14. The molecule has 0 saturated carbocycles. The molecule has 3 N–H and O–H groups in total. The number of benzene rings is 1. The van der Waals surface area contributed by atoms with Crippen LogP contribution in [-0.2, 0) is 4.74 Å². The number of aliphatic imine (C=N–C) groups is 1. The monoisotopic (exact) mass is 291 g/mol. The third-order valence-corrected chi connectivity index (χ3v) is 3.26. The van der Waals surface area contributed by atoms with Gasteiger partial charge in [-0.1, -0.05) is 0 Å². The number of nitrogens with two attached hydrogens (primary N) is 1. The van der Waals surface area contributed by atoms with Crippen molar-refractivity contribution in [2.24, 2.45) is 10.7 Å². The van der Waals surface area contributed by atoms with E-state index in [0.717, 1.165) is 37.3 Å². The largest absolute Gasteiger partial charge is 0.491 e. The summed E-state index contributed by atoms with van der Waals surface area (Å²) in [7, 11) is 0. The summed E-state index contributed by atoms with van der Waals surface area (Å²) in [6.45, 7) is 5.58. The van der Waals surface area contributed by atoms with Gasteiger partial charge >= 0.3 is 0 Å². The summed E-state index contributed by atoms with van der Waals surface area (Å²) in [6, 6.07) is 7.70. The number of ether oxygens (including phenoxy) is 2. The fourth-order valence-corrected chi connectivity index (χ4v) is 2.28. The van der Waals surface area contributed by atoms with Crippen molar-refractivity contribution in [3.63, 3.8) is 0 Å². The van der Waals surface area contributed by atoms with Gasteiger partial charge in [0, 0.05) is 18.8 Å². The molecule has 1 aliphatic rings. The van der Waals surface area contributed by atoms with Gasteiger partial charge in [-0.25, -0.2) is 0 Å². The van der Waals surface area contributed by atoms with Gasteiger partial charge in [-0.3, -0.25) is 4.99 Å². The molecule has 21 heavy (non-hydrogen) atoms. The first-order chi connectivity index (χ1) is 10.1. The first-order valence-corrected chi connectivity index (χ1v) is 7.59. The summed E-state index contributed by atoms with van der Waals surface area (Å²) in [5, 5.41) is 3.08. The normalized spacial score (nSPS) is 19.0. The van der Waals surface area contributed by atoms with Crippen LogP contribution in [0.5, 0.6) is 5.75 Å². The van der Waals surface area contributed by atoms with Crippen LogP contribution in [0.1, 0.15) is 33.1 Å². The summed E-state index contributed by atoms with van der Waals surface area (Å²) >= 11 is 0. The lowest BCUT2D eigenvalue weighted by Crippen LogP contribution is -2.23. The van der Waals surface area contributed by atoms with Crippen molar-refractivity contribution in [3.8, 4) is 5.75 Å². The molecule has 0 amide bonds. The van der Waals surface area contributed by atoms with E-state index in [2.05, 4.69) is 10.3 Å². The first kappa shape index (κ1) is 15.6. The average molecular weight is 291 g/mol. The maximum Gasteiger partial charge on any atom is 0.193 e. The molecule has 1 atom stereocenters. The van der Waals surface area contributed by atoms with E-state index in [1.54, 1.807) is 0 Å². The molecule has 1 unspecified atom stereocenters. The highest BCUT2D eigenvalue weighted by atomic mass is 16.5. The minimum absolute atomic E-state index is 0.174. The standard InChI is InChI=1S/C16H25N3O2/c1-12(2)21-15-7-5-13(6-8-15)19-16(17)18-10-9-14-4-3-11-20-14/h5-8,12,14H,3-4,9-11H2,1-2H3,(H3,17,18,19). The zero-order valence-electron chi connectivity index (χ0n) is 12.8. The van der Waals surface area contributed by atoms with E-state index >= 15 is 0 Å². The lowest BCUT2D eigenvalue weighted by molar-refractivity contribution is 0.106. The second kappa shape index (κ2) is 7.88. The van der Waals surface area contributed by atoms with E-state index < -0.39 is 0 Å². The second-order valence-electron chi connectivity index (χ2n) is 5.51. The van der Waals surface area contributed by atoms with Crippen LogP contribution in [0.4, 0.5) is 5.69 Å². The fraction of sp³-hybridized carbons (Fsp3) is 0.562. The molecule has 1 aromatic rings. The Labute approximate surface area is 126 Å². The Kier molecular flexibility index (Phi) is 5.87. The van der Waals surface area contributed by atoms with E-state index in [-0.39, 0.29) is 6.10 Å². The minimum Gasteiger partial charge on any atom is -0.491 e. The molecule has 0 aromatic heterocycles. The van der Waals surface area contributed by atoms with Crippen LogP contribution >= 0.6 is 0 Å². The van der Waals surface area contributed by atoms with E-state index in [4.69, 9.17) is 15.2 Å². The molecule has 5 heteroatoms. The summed E-state index contributed by atoms with van der Waals surface area (Å²) < 4.78 is 11.1. The van der Waals surface area contributed by atoms with Gasteiger partial charge in [0.05, 0.1) is 12.2 Å². The van der Waals surface area contributed by atoms with Crippen LogP contribution < -0.4 is 15.8 Å². The Hall–Kier alpha value is -1.75. The molecule has 2 rings (SSSR count). The molecular weight excluding hydrogens is 266 g/mol. The van der Waals surface area contributed by atoms with Crippen molar-refractivity contribution in [2.45, 2.75) is 45.3 Å². The zero-order valence-corrected chi connectivity index (χ0v) is 12.8. The van der Waals surface area contributed by atoms with Gasteiger partial charge in [0.2, 0.25) is 0 Å². The van der Waals surface area contributed by atoms with Crippen LogP contribution in [0.2, 0.25) is 0 Å². The first-order valence-electron chi connectivity index (χ1n) is 7.59. The number of hydrogen-bond acceptors (Lipinski definition) is 3. The Morgan fingerprint density at radius 2 is 2.19 bits per heavy atom. The summed E-state index contributed by atoms with van der Waals surface area (Å²) in [6.07, 6.45) is 3.76. The quantitative estimate of drug-likeness (QED) is 0.624. The van der Waals surface area contributed by atoms with Crippen LogP contribution in [0, 0.1) is 0 Å². The zero-order chi connectivity index (χ0) is 15.1. The summed E-state index contributed by atoms with van der Waals surface area (Å²) in [4.78, 5) is 4.33. The molecule has 0 aliphatic carbocycles. The van der Waals surface area contributed by atoms with Gasteiger partial charge in [-0.15, -0.1) is 0 Å². The molecule has 1 saturated heterocycles. The van der Waals surface area contributed by atoms with Crippen LogP contribution in [0.15, 0.2) is 29.3 Å². The predicted molar refractivity (Wildman–Crippen MR) is 85.9 cm³/mol. The topological polar surface area (TPSA) is 68.9 Å². The van der Waals surface area contributed by atoms with Gasteiger partial charge in [0.25, 0.3) is 0 Å². The maximum absolute atomic E-state index is 5.88. The molecule has 1 heterocycles. The number of hydrogen-bond donors (Lipinski definition) is 2. The number of nitrogens with one attached hydrogen (secondary N) is 1. The highest BCUT2D eigenvalue weighted by molar-refractivity contribution is 5.92. The number of rotatable bonds is 6. The predicted octanol–water partition coefficient (Wildman–Crippen LogP) is 2.77. The number of anilines is 1. The molecule has 5 nitrogen and oxygen atoms in total. The lowest BCUT2D eigenvalue weighted by Gasteiger charge is -2.11. The van der Waals surface area contributed by atoms with E-state index in [1.807, 2.05) is 38.1 Å². The van der Waals surface area contributed by atoms with Crippen LogP contribution in [0.3, 0.4) is 0 Å². The molecule has 0 radical (unpaired) electrons. The Balaban J connectivity index is 1.76. The molecule has 1 aromatic carbocycles. The summed E-state index contributed by atoms with van der Waals surface area (Å²) in [5.41, 5.74) is 6.78. The highest BCUT2D eigenvalue weighted by Crippen LogP contribution is 2.17. The number of guanidine groups is 1. The van der Waals surface area contributed by atoms with Crippen LogP contribution in [0.25, 0.3) is 0 Å². The van der Waals surface area contributed by atoms with Crippen molar-refractivity contribution in [3.05, 3.63) is 24.3 Å². The van der Waals surface area contributed by atoms with Crippen molar-refractivity contribution in [1.29, 1.82) is 0 Å². The molecule has 0 spiro atoms. The van der Waals surface area contributed by atoms with Crippen molar-refractivity contribution in [2.75, 3.05) is 18.5 Å². The Bertz CT molecular complexity index is 451. The maximum atomic E-state index is 5.88. The number of nitrogens with zero attached hydrogens (tertiary/aromatic N) is 1. The Morgan fingerprint density at radius 1 is 1.43 bits per heavy atom. The SMILES string of the molecule is CC(C)Oc1ccc(NC(N)=NCCC2CCCO2)cc1. The molecule has 116 valence electrons. The van der Waals surface area contributed by atoms with E-state index in [9.17, 15) is 0 Å². The van der Waals surface area contributed by atoms with Crippen molar-refractivity contribution in [1.82, 2.24) is 0 Å². The third kappa shape index (κ3) is 5.63. The average Bonchev–Trinajstić information content (AvgIpc) is 2.93. The van der Waals surface area contributed by atoms with Gasteiger partial charge in [-0.2, -0.15) is 0 Å². The minimum atomic E-state index is 0.174. The fourth-order valence-electron chi connectivity index (χ4n) is 2.28. The van der Waals surface area contributed by atoms with Crippen LogP contribution in [-0.4, -0.2) is 31.3 Å². The Morgan fingerprint density at radius 3 is 2.81 bits per heavy atom. The third-order valence-electron chi connectivity index (χ3n) is 3.26. The molecule has 1 aliphatic heterocycles. The molecule has 0 bridgehead atoms. The van der Waals surface area contributed by atoms with Crippen molar-refractivity contribution >= 4 is 11.6 Å². The van der Waals surface area contributed by atoms with E-state index in [1.165, 1.54) is 0 Å². The van der Waals surface area contributed by atoms with Gasteiger partial charge in [-0.05, 0) is 57.4 Å².